The summed E-state index contributed by atoms with van der Waals surface area (Å²) >= 11 is 0. The maximum absolute atomic E-state index is 5.80. The van der Waals surface area contributed by atoms with Crippen LogP contribution in [0.3, 0.4) is 0 Å². The van der Waals surface area contributed by atoms with Crippen LogP contribution < -0.4 is 4.74 Å². The fourth-order valence-corrected chi connectivity index (χ4v) is 5.44. The Labute approximate surface area is 198 Å². The van der Waals surface area contributed by atoms with Crippen molar-refractivity contribution in [3.63, 3.8) is 0 Å². The smallest absolute Gasteiger partial charge is 0.119 e. The molecule has 0 heterocycles. The quantitative estimate of drug-likeness (QED) is 0.263. The summed E-state index contributed by atoms with van der Waals surface area (Å²) < 4.78 is 5.80. The zero-order valence-electron chi connectivity index (χ0n) is 20.8. The van der Waals surface area contributed by atoms with Gasteiger partial charge in [0.25, 0.3) is 0 Å². The molecule has 0 amide bonds. The molecule has 1 aromatic rings. The molecule has 0 saturated heterocycles. The molecule has 176 valence electrons. The predicted octanol–water partition coefficient (Wildman–Crippen LogP) is 9.09. The highest BCUT2D eigenvalue weighted by Gasteiger charge is 2.21. The average molecular weight is 435 g/mol. The van der Waals surface area contributed by atoms with Crippen molar-refractivity contribution in [3.8, 4) is 17.6 Å². The summed E-state index contributed by atoms with van der Waals surface area (Å²) in [7, 11) is 0. The van der Waals surface area contributed by atoms with Crippen LogP contribution >= 0.6 is 0 Å². The van der Waals surface area contributed by atoms with Crippen molar-refractivity contribution in [2.45, 2.75) is 110 Å². The monoisotopic (exact) mass is 434 g/mol. The van der Waals surface area contributed by atoms with Gasteiger partial charge in [-0.25, -0.2) is 0 Å². The van der Waals surface area contributed by atoms with E-state index in [0.717, 1.165) is 30.6 Å². The minimum atomic E-state index is 0.585. The summed E-state index contributed by atoms with van der Waals surface area (Å²) in [6.07, 6.45) is 23.2. The lowest BCUT2D eigenvalue weighted by atomic mass is 9.79. The molecule has 0 spiro atoms. The molecule has 0 radical (unpaired) electrons. The normalized spacial score (nSPS) is 25.9. The Balaban J connectivity index is 1.33. The number of benzene rings is 1. The summed E-state index contributed by atoms with van der Waals surface area (Å²) in [6.45, 7) is 5.33. The van der Waals surface area contributed by atoms with Gasteiger partial charge in [0.2, 0.25) is 0 Å². The van der Waals surface area contributed by atoms with E-state index < -0.39 is 0 Å². The molecule has 1 aromatic carbocycles. The van der Waals surface area contributed by atoms with E-state index in [1.807, 2.05) is 0 Å². The molecular formula is C31H46O. The van der Waals surface area contributed by atoms with Crippen molar-refractivity contribution in [2.75, 3.05) is 6.61 Å². The number of ether oxygens (including phenoxy) is 1. The van der Waals surface area contributed by atoms with Crippen LogP contribution in [0.5, 0.6) is 5.75 Å². The SMILES string of the molecule is CCCCC[C@H]1CC[C@H](/C=C/C#C[C@H]2CC[C@H](c3ccc(OCCCC)cc3)CC2)CC1. The van der Waals surface area contributed by atoms with Crippen molar-refractivity contribution in [3.05, 3.63) is 42.0 Å². The van der Waals surface area contributed by atoms with Gasteiger partial charge in [-0.05, 0) is 99.3 Å². The minimum Gasteiger partial charge on any atom is -0.494 e. The molecular weight excluding hydrogens is 388 g/mol. The second-order valence-corrected chi connectivity index (χ2v) is 10.2. The molecule has 0 bridgehead atoms. The second-order valence-electron chi connectivity index (χ2n) is 10.2. The van der Waals surface area contributed by atoms with Gasteiger partial charge >= 0.3 is 0 Å². The lowest BCUT2D eigenvalue weighted by molar-refractivity contribution is 0.289. The standard InChI is InChI=1S/C31H46O/c1-3-5-7-10-26-13-15-27(16-14-26)11-8-9-12-28-17-19-29(20-18-28)30-21-23-31(24-22-30)32-25-6-4-2/h8,11,21-24,26-29H,3-7,10,13-20,25H2,1-2H3/b11-8+/t26-,27-,28-,29-. The molecule has 0 unspecified atom stereocenters. The van der Waals surface area contributed by atoms with Gasteiger partial charge < -0.3 is 4.74 Å². The summed E-state index contributed by atoms with van der Waals surface area (Å²) in [5, 5.41) is 0. The fraction of sp³-hybridized carbons (Fsp3) is 0.677. The van der Waals surface area contributed by atoms with E-state index in [0.29, 0.717) is 11.8 Å². The highest BCUT2D eigenvalue weighted by atomic mass is 16.5. The van der Waals surface area contributed by atoms with Gasteiger partial charge in [0.1, 0.15) is 5.75 Å². The Morgan fingerprint density at radius 2 is 1.56 bits per heavy atom. The van der Waals surface area contributed by atoms with Gasteiger partial charge in [0, 0.05) is 5.92 Å². The van der Waals surface area contributed by atoms with E-state index >= 15 is 0 Å². The first-order valence-corrected chi connectivity index (χ1v) is 13.7. The highest BCUT2D eigenvalue weighted by molar-refractivity contribution is 5.30. The summed E-state index contributed by atoms with van der Waals surface area (Å²) in [5.41, 5.74) is 1.48. The molecule has 2 saturated carbocycles. The summed E-state index contributed by atoms with van der Waals surface area (Å²) in [5.74, 6) is 11.0. The number of unbranched alkanes of at least 4 members (excludes halogenated alkanes) is 3. The van der Waals surface area contributed by atoms with Crippen LogP contribution in [-0.2, 0) is 0 Å². The Kier molecular flexibility index (Phi) is 11.3. The maximum Gasteiger partial charge on any atom is 0.119 e. The topological polar surface area (TPSA) is 9.23 Å². The first kappa shape index (κ1) is 25.0. The molecule has 1 nitrogen and oxygen atoms in total. The van der Waals surface area contributed by atoms with Crippen molar-refractivity contribution in [1.29, 1.82) is 0 Å². The Bertz CT molecular complexity index is 703. The molecule has 0 atom stereocenters. The van der Waals surface area contributed by atoms with Gasteiger partial charge in [-0.1, -0.05) is 76.0 Å². The zero-order chi connectivity index (χ0) is 22.4. The first-order chi connectivity index (χ1) is 15.8. The maximum atomic E-state index is 5.80. The largest absolute Gasteiger partial charge is 0.494 e. The Hall–Kier alpha value is -1.68. The van der Waals surface area contributed by atoms with Crippen LogP contribution in [0.1, 0.15) is 115 Å². The number of rotatable bonds is 10. The first-order valence-electron chi connectivity index (χ1n) is 13.7. The molecule has 0 N–H and O–H groups in total. The molecule has 32 heavy (non-hydrogen) atoms. The predicted molar refractivity (Wildman–Crippen MR) is 138 cm³/mol. The van der Waals surface area contributed by atoms with Gasteiger partial charge in [-0.2, -0.15) is 0 Å². The van der Waals surface area contributed by atoms with E-state index in [-0.39, 0.29) is 0 Å². The molecule has 0 aromatic heterocycles. The van der Waals surface area contributed by atoms with Crippen molar-refractivity contribution in [2.24, 2.45) is 17.8 Å². The molecule has 1 heteroatoms. The lowest BCUT2D eigenvalue weighted by Gasteiger charge is -2.26. The number of hydrogen-bond acceptors (Lipinski definition) is 1. The second kappa shape index (κ2) is 14.5. The van der Waals surface area contributed by atoms with Gasteiger partial charge in [0.05, 0.1) is 6.61 Å². The van der Waals surface area contributed by atoms with Crippen LogP contribution in [0, 0.1) is 29.6 Å². The summed E-state index contributed by atoms with van der Waals surface area (Å²) in [6, 6.07) is 8.86. The molecule has 2 aliphatic carbocycles. The molecule has 2 fully saturated rings. The molecule has 2 aliphatic rings. The third-order valence-corrected chi connectivity index (χ3v) is 7.69. The number of hydrogen-bond donors (Lipinski definition) is 0. The minimum absolute atomic E-state index is 0.585. The highest BCUT2D eigenvalue weighted by Crippen LogP contribution is 2.36. The lowest BCUT2D eigenvalue weighted by Crippen LogP contribution is -2.13. The van der Waals surface area contributed by atoms with Crippen LogP contribution in [-0.4, -0.2) is 6.61 Å². The van der Waals surface area contributed by atoms with Crippen molar-refractivity contribution in [1.82, 2.24) is 0 Å². The Morgan fingerprint density at radius 1 is 0.844 bits per heavy atom. The van der Waals surface area contributed by atoms with E-state index in [1.54, 1.807) is 0 Å². The molecule has 0 aliphatic heterocycles. The van der Waals surface area contributed by atoms with E-state index in [1.165, 1.54) is 89.0 Å². The van der Waals surface area contributed by atoms with Gasteiger partial charge in [0.15, 0.2) is 0 Å². The van der Waals surface area contributed by atoms with Crippen LogP contribution in [0.15, 0.2) is 36.4 Å². The third-order valence-electron chi connectivity index (χ3n) is 7.69. The van der Waals surface area contributed by atoms with Crippen LogP contribution in [0.25, 0.3) is 0 Å². The van der Waals surface area contributed by atoms with E-state index in [2.05, 4.69) is 62.1 Å². The Morgan fingerprint density at radius 3 is 2.25 bits per heavy atom. The number of allylic oxidation sites excluding steroid dienone is 2. The van der Waals surface area contributed by atoms with Crippen LogP contribution in [0.4, 0.5) is 0 Å². The third kappa shape index (κ3) is 8.69. The van der Waals surface area contributed by atoms with Gasteiger partial charge in [-0.3, -0.25) is 0 Å². The molecule has 3 rings (SSSR count). The van der Waals surface area contributed by atoms with Crippen molar-refractivity contribution < 1.29 is 4.74 Å². The van der Waals surface area contributed by atoms with E-state index in [9.17, 15) is 0 Å². The van der Waals surface area contributed by atoms with Crippen molar-refractivity contribution >= 4 is 0 Å². The average Bonchev–Trinajstić information content (AvgIpc) is 2.84. The van der Waals surface area contributed by atoms with E-state index in [4.69, 9.17) is 4.74 Å². The fourth-order valence-electron chi connectivity index (χ4n) is 5.44. The van der Waals surface area contributed by atoms with Gasteiger partial charge in [-0.15, -0.1) is 0 Å². The summed E-state index contributed by atoms with van der Waals surface area (Å²) in [4.78, 5) is 0. The zero-order valence-corrected chi connectivity index (χ0v) is 20.8. The van der Waals surface area contributed by atoms with Crippen LogP contribution in [0.2, 0.25) is 0 Å².